The third-order valence-corrected chi connectivity index (χ3v) is 5.42. The highest BCUT2D eigenvalue weighted by atomic mass is 16.5. The van der Waals surface area contributed by atoms with Crippen LogP contribution in [0.2, 0.25) is 0 Å². The Balaban J connectivity index is 1.88. The Labute approximate surface area is 187 Å². The normalized spacial score (nSPS) is 13.6. The first-order valence-electron chi connectivity index (χ1n) is 10.2. The maximum atomic E-state index is 13.6. The lowest BCUT2D eigenvalue weighted by atomic mass is 10.0. The lowest BCUT2D eigenvalue weighted by Crippen LogP contribution is -2.32. The van der Waals surface area contributed by atoms with Gasteiger partial charge in [0.25, 0.3) is 11.8 Å². The van der Waals surface area contributed by atoms with Crippen molar-refractivity contribution in [3.05, 3.63) is 89.1 Å². The maximum Gasteiger partial charge on any atom is 0.282 e. The Hall–Kier alpha value is -4.06. The van der Waals surface area contributed by atoms with E-state index in [0.717, 1.165) is 16.8 Å². The highest BCUT2D eigenvalue weighted by Crippen LogP contribution is 2.37. The van der Waals surface area contributed by atoms with Crippen LogP contribution in [0.4, 0.5) is 11.4 Å². The zero-order valence-corrected chi connectivity index (χ0v) is 18.4. The van der Waals surface area contributed by atoms with Crippen LogP contribution in [0.1, 0.15) is 16.7 Å². The SMILES string of the molecule is COc1ccc(C2=C(Nc3cc(C)ccc3C)C(=O)N(c3ccccc3)C2=O)cc1OC. The van der Waals surface area contributed by atoms with Gasteiger partial charge in [-0.2, -0.15) is 0 Å². The van der Waals surface area contributed by atoms with Crippen molar-refractivity contribution in [3.8, 4) is 11.5 Å². The Morgan fingerprint density at radius 3 is 2.19 bits per heavy atom. The summed E-state index contributed by atoms with van der Waals surface area (Å²) >= 11 is 0. The molecule has 6 nitrogen and oxygen atoms in total. The third kappa shape index (κ3) is 3.71. The molecule has 1 N–H and O–H groups in total. The van der Waals surface area contributed by atoms with Crippen molar-refractivity contribution in [2.45, 2.75) is 13.8 Å². The first-order chi connectivity index (χ1) is 15.4. The molecular formula is C26H24N2O4. The maximum absolute atomic E-state index is 13.6. The number of ether oxygens (including phenoxy) is 2. The molecule has 0 atom stereocenters. The van der Waals surface area contributed by atoms with Crippen molar-refractivity contribution in [2.75, 3.05) is 24.4 Å². The van der Waals surface area contributed by atoms with Gasteiger partial charge in [0.15, 0.2) is 11.5 Å². The molecule has 0 aromatic heterocycles. The van der Waals surface area contributed by atoms with Crippen LogP contribution in [0.15, 0.2) is 72.4 Å². The average Bonchev–Trinajstić information content (AvgIpc) is 3.05. The van der Waals surface area contributed by atoms with E-state index in [1.807, 2.05) is 38.1 Å². The Morgan fingerprint density at radius 1 is 0.781 bits per heavy atom. The number of rotatable bonds is 6. The van der Waals surface area contributed by atoms with Gasteiger partial charge in [0.2, 0.25) is 0 Å². The fourth-order valence-corrected chi connectivity index (χ4v) is 3.72. The molecule has 0 fully saturated rings. The molecular weight excluding hydrogens is 404 g/mol. The number of amides is 2. The number of hydrogen-bond acceptors (Lipinski definition) is 5. The van der Waals surface area contributed by atoms with E-state index in [4.69, 9.17) is 9.47 Å². The van der Waals surface area contributed by atoms with Crippen LogP contribution in [0, 0.1) is 13.8 Å². The van der Waals surface area contributed by atoms with Crippen molar-refractivity contribution in [1.82, 2.24) is 0 Å². The first-order valence-corrected chi connectivity index (χ1v) is 10.2. The quantitative estimate of drug-likeness (QED) is 0.576. The van der Waals surface area contributed by atoms with Crippen LogP contribution >= 0.6 is 0 Å². The van der Waals surface area contributed by atoms with Gasteiger partial charge >= 0.3 is 0 Å². The third-order valence-electron chi connectivity index (χ3n) is 5.42. The molecule has 0 radical (unpaired) electrons. The number of nitrogens with one attached hydrogen (secondary N) is 1. The Kier molecular flexibility index (Phi) is 5.69. The first kappa shape index (κ1) is 21.2. The molecule has 0 unspecified atom stereocenters. The Morgan fingerprint density at radius 2 is 1.50 bits per heavy atom. The standard InChI is InChI=1S/C26H24N2O4/c1-16-10-11-17(2)20(14-16)27-24-23(18-12-13-21(31-3)22(15-18)32-4)25(29)28(26(24)30)19-8-6-5-7-9-19/h5-15,27H,1-4H3. The van der Waals surface area contributed by atoms with Crippen molar-refractivity contribution in [1.29, 1.82) is 0 Å². The predicted octanol–water partition coefficient (Wildman–Crippen LogP) is 4.72. The predicted molar refractivity (Wildman–Crippen MR) is 125 cm³/mol. The second-order valence-corrected chi connectivity index (χ2v) is 7.54. The van der Waals surface area contributed by atoms with Gasteiger partial charge in [-0.05, 0) is 60.9 Å². The number of hydrogen-bond donors (Lipinski definition) is 1. The van der Waals surface area contributed by atoms with E-state index >= 15 is 0 Å². The molecule has 0 saturated heterocycles. The van der Waals surface area contributed by atoms with E-state index in [1.54, 1.807) is 49.6 Å². The molecule has 3 aromatic carbocycles. The lowest BCUT2D eigenvalue weighted by Gasteiger charge is -2.15. The summed E-state index contributed by atoms with van der Waals surface area (Å²) in [7, 11) is 3.08. The highest BCUT2D eigenvalue weighted by Gasteiger charge is 2.40. The van der Waals surface area contributed by atoms with Crippen LogP contribution in [0.3, 0.4) is 0 Å². The number of aryl methyl sites for hydroxylation is 2. The molecule has 4 rings (SSSR count). The fourth-order valence-electron chi connectivity index (χ4n) is 3.72. The summed E-state index contributed by atoms with van der Waals surface area (Å²) in [5, 5.41) is 3.24. The molecule has 162 valence electrons. The molecule has 32 heavy (non-hydrogen) atoms. The number of para-hydroxylation sites is 1. The second kappa shape index (κ2) is 8.59. The van der Waals surface area contributed by atoms with Gasteiger partial charge < -0.3 is 14.8 Å². The molecule has 1 aliphatic heterocycles. The van der Waals surface area contributed by atoms with E-state index in [2.05, 4.69) is 5.32 Å². The van der Waals surface area contributed by atoms with Gasteiger partial charge in [0.1, 0.15) is 5.70 Å². The molecule has 1 aliphatic rings. The molecule has 6 heteroatoms. The van der Waals surface area contributed by atoms with Crippen molar-refractivity contribution >= 4 is 28.8 Å². The van der Waals surface area contributed by atoms with E-state index in [9.17, 15) is 9.59 Å². The summed E-state index contributed by atoms with van der Waals surface area (Å²) in [5.74, 6) is 0.202. The number of carbonyl (C=O) groups is 2. The van der Waals surface area contributed by atoms with Crippen LogP contribution in [-0.2, 0) is 9.59 Å². The minimum absolute atomic E-state index is 0.222. The number of carbonyl (C=O) groups excluding carboxylic acids is 2. The lowest BCUT2D eigenvalue weighted by molar-refractivity contribution is -0.120. The zero-order chi connectivity index (χ0) is 22.8. The summed E-state index contributed by atoms with van der Waals surface area (Å²) in [6.07, 6.45) is 0. The second-order valence-electron chi connectivity index (χ2n) is 7.54. The molecule has 0 spiro atoms. The number of benzene rings is 3. The monoisotopic (exact) mass is 428 g/mol. The van der Waals surface area contributed by atoms with Gasteiger partial charge in [-0.25, -0.2) is 4.90 Å². The van der Waals surface area contributed by atoms with Crippen molar-refractivity contribution in [2.24, 2.45) is 0 Å². The average molecular weight is 428 g/mol. The van der Waals surface area contributed by atoms with Crippen LogP contribution in [0.5, 0.6) is 11.5 Å². The minimum atomic E-state index is -0.410. The van der Waals surface area contributed by atoms with Crippen LogP contribution < -0.4 is 19.7 Å². The number of anilines is 2. The summed E-state index contributed by atoms with van der Waals surface area (Å²) in [6.45, 7) is 3.93. The molecule has 0 saturated carbocycles. The van der Waals surface area contributed by atoms with E-state index in [0.29, 0.717) is 22.7 Å². The topological polar surface area (TPSA) is 67.9 Å². The molecule has 0 aliphatic carbocycles. The summed E-state index contributed by atoms with van der Waals surface area (Å²) in [5.41, 5.74) is 4.36. The summed E-state index contributed by atoms with van der Waals surface area (Å²) < 4.78 is 10.7. The number of nitrogens with zero attached hydrogens (tertiary/aromatic N) is 1. The van der Waals surface area contributed by atoms with Crippen molar-refractivity contribution in [3.63, 3.8) is 0 Å². The van der Waals surface area contributed by atoms with E-state index < -0.39 is 11.8 Å². The summed E-state index contributed by atoms with van der Waals surface area (Å²) in [4.78, 5) is 28.3. The van der Waals surface area contributed by atoms with Gasteiger partial charge in [-0.15, -0.1) is 0 Å². The van der Waals surface area contributed by atoms with Gasteiger partial charge in [-0.1, -0.05) is 36.4 Å². The fraction of sp³-hybridized carbons (Fsp3) is 0.154. The van der Waals surface area contributed by atoms with Gasteiger partial charge in [0, 0.05) is 5.69 Å². The molecule has 1 heterocycles. The minimum Gasteiger partial charge on any atom is -0.493 e. The van der Waals surface area contributed by atoms with E-state index in [-0.39, 0.29) is 11.3 Å². The van der Waals surface area contributed by atoms with Gasteiger partial charge in [0.05, 0.1) is 25.5 Å². The van der Waals surface area contributed by atoms with Crippen molar-refractivity contribution < 1.29 is 19.1 Å². The van der Waals surface area contributed by atoms with Gasteiger partial charge in [-0.3, -0.25) is 9.59 Å². The molecule has 0 bridgehead atoms. The smallest absolute Gasteiger partial charge is 0.282 e. The number of imide groups is 1. The zero-order valence-electron chi connectivity index (χ0n) is 18.4. The van der Waals surface area contributed by atoms with Crippen LogP contribution in [-0.4, -0.2) is 26.0 Å². The number of methoxy groups -OCH3 is 2. The Bertz CT molecular complexity index is 1230. The molecule has 2 amide bonds. The summed E-state index contributed by atoms with van der Waals surface area (Å²) in [6, 6.07) is 20.0. The molecule has 3 aromatic rings. The van der Waals surface area contributed by atoms with E-state index in [1.165, 1.54) is 12.0 Å². The van der Waals surface area contributed by atoms with Crippen LogP contribution in [0.25, 0.3) is 5.57 Å². The largest absolute Gasteiger partial charge is 0.493 e. The highest BCUT2D eigenvalue weighted by molar-refractivity contribution is 6.46.